The van der Waals surface area contributed by atoms with Crippen molar-refractivity contribution < 1.29 is 17.9 Å². The summed E-state index contributed by atoms with van der Waals surface area (Å²) in [5.41, 5.74) is 3.68. The number of amides is 1. The first-order valence-electron chi connectivity index (χ1n) is 10.5. The number of ether oxygens (including phenoxy) is 1. The van der Waals surface area contributed by atoms with Crippen LogP contribution in [0.4, 0.5) is 5.69 Å². The topological polar surface area (TPSA) is 79.0 Å². The van der Waals surface area contributed by atoms with Gasteiger partial charge in [-0.3, -0.25) is 14.0 Å². The minimum absolute atomic E-state index is 0.340. The van der Waals surface area contributed by atoms with Crippen LogP contribution in [0.2, 0.25) is 0 Å². The molecule has 1 N–H and O–H groups in total. The lowest BCUT2D eigenvalue weighted by atomic mass is 10.1. The summed E-state index contributed by atoms with van der Waals surface area (Å²) in [6.45, 7) is 8.17. The fourth-order valence-electron chi connectivity index (χ4n) is 3.62. The first kappa shape index (κ1) is 23.2. The van der Waals surface area contributed by atoms with Crippen molar-refractivity contribution in [3.63, 3.8) is 0 Å². The molecule has 1 unspecified atom stereocenters. The Bertz CT molecular complexity index is 969. The first-order valence-corrected chi connectivity index (χ1v) is 12.3. The van der Waals surface area contributed by atoms with Gasteiger partial charge in [0, 0.05) is 26.2 Å². The van der Waals surface area contributed by atoms with Crippen LogP contribution in [0.5, 0.6) is 0 Å². The van der Waals surface area contributed by atoms with Gasteiger partial charge in [-0.1, -0.05) is 42.0 Å². The van der Waals surface area contributed by atoms with Gasteiger partial charge in [-0.05, 0) is 37.1 Å². The maximum atomic E-state index is 12.7. The molecule has 2 aromatic rings. The molecule has 1 saturated heterocycles. The van der Waals surface area contributed by atoms with E-state index in [0.717, 1.165) is 54.5 Å². The highest BCUT2D eigenvalue weighted by atomic mass is 32.2. The Balaban J connectivity index is 1.60. The number of rotatable bonds is 8. The molecule has 7 nitrogen and oxygen atoms in total. The molecule has 31 heavy (non-hydrogen) atoms. The van der Waals surface area contributed by atoms with Crippen LogP contribution >= 0.6 is 0 Å². The second kappa shape index (κ2) is 10.3. The van der Waals surface area contributed by atoms with Crippen LogP contribution in [0, 0.1) is 6.92 Å². The van der Waals surface area contributed by atoms with Gasteiger partial charge in [-0.15, -0.1) is 0 Å². The highest BCUT2D eigenvalue weighted by molar-refractivity contribution is 7.92. The molecule has 1 aliphatic heterocycles. The average molecular weight is 446 g/mol. The summed E-state index contributed by atoms with van der Waals surface area (Å²) in [6.07, 6.45) is 1.11. The standard InChI is InChI=1S/C23H31N3O4S/c1-18-4-10-22(11-5-18)26(31(3,28)29)19(2)23(27)24-16-20-6-8-21(9-7-20)17-25-12-14-30-15-13-25/h4-11,19H,12-17H2,1-3H3,(H,24,27). The lowest BCUT2D eigenvalue weighted by Crippen LogP contribution is -2.47. The highest BCUT2D eigenvalue weighted by Gasteiger charge is 2.28. The number of aryl methyl sites for hydroxylation is 1. The van der Waals surface area contributed by atoms with Crippen LogP contribution < -0.4 is 9.62 Å². The van der Waals surface area contributed by atoms with Crippen molar-refractivity contribution in [2.24, 2.45) is 0 Å². The largest absolute Gasteiger partial charge is 0.379 e. The Morgan fingerprint density at radius 1 is 1.06 bits per heavy atom. The monoisotopic (exact) mass is 445 g/mol. The van der Waals surface area contributed by atoms with Crippen LogP contribution in [0.3, 0.4) is 0 Å². The molecule has 1 heterocycles. The minimum atomic E-state index is -3.62. The summed E-state index contributed by atoms with van der Waals surface area (Å²) in [7, 11) is -3.62. The Labute approximate surface area is 185 Å². The molecule has 3 rings (SSSR count). The van der Waals surface area contributed by atoms with Crippen LogP contribution in [0.15, 0.2) is 48.5 Å². The molecule has 1 atom stereocenters. The molecule has 0 saturated carbocycles. The van der Waals surface area contributed by atoms with E-state index in [2.05, 4.69) is 22.3 Å². The van der Waals surface area contributed by atoms with Crippen molar-refractivity contribution in [3.8, 4) is 0 Å². The quantitative estimate of drug-likeness (QED) is 0.675. The number of anilines is 1. The summed E-state index contributed by atoms with van der Waals surface area (Å²) in [5.74, 6) is -0.344. The van der Waals surface area contributed by atoms with Crippen LogP contribution in [0.1, 0.15) is 23.6 Å². The van der Waals surface area contributed by atoms with Gasteiger partial charge < -0.3 is 10.1 Å². The highest BCUT2D eigenvalue weighted by Crippen LogP contribution is 2.21. The smallest absolute Gasteiger partial charge is 0.243 e. The number of hydrogen-bond acceptors (Lipinski definition) is 5. The lowest BCUT2D eigenvalue weighted by Gasteiger charge is -2.28. The molecule has 1 aliphatic rings. The average Bonchev–Trinajstić information content (AvgIpc) is 2.74. The number of benzene rings is 2. The Hall–Kier alpha value is -2.42. The number of nitrogens with one attached hydrogen (secondary N) is 1. The zero-order valence-corrected chi connectivity index (χ0v) is 19.2. The molecule has 168 valence electrons. The number of nitrogens with zero attached hydrogens (tertiary/aromatic N) is 2. The second-order valence-corrected chi connectivity index (χ2v) is 9.85. The number of sulfonamides is 1. The summed E-state index contributed by atoms with van der Waals surface area (Å²) in [5, 5.41) is 2.86. The molecule has 0 spiro atoms. The van der Waals surface area contributed by atoms with Gasteiger partial charge in [0.15, 0.2) is 0 Å². The van der Waals surface area contributed by atoms with Gasteiger partial charge in [0.1, 0.15) is 6.04 Å². The fraction of sp³-hybridized carbons (Fsp3) is 0.435. The number of carbonyl (C=O) groups is 1. The van der Waals surface area contributed by atoms with E-state index >= 15 is 0 Å². The Morgan fingerprint density at radius 2 is 1.65 bits per heavy atom. The summed E-state index contributed by atoms with van der Waals surface area (Å²) < 4.78 is 31.3. The molecule has 1 amide bonds. The zero-order chi connectivity index (χ0) is 22.4. The van der Waals surface area contributed by atoms with Crippen molar-refractivity contribution in [2.45, 2.75) is 33.0 Å². The molecule has 0 radical (unpaired) electrons. The van der Waals surface area contributed by atoms with E-state index in [0.29, 0.717) is 12.2 Å². The van der Waals surface area contributed by atoms with Crippen LogP contribution in [-0.2, 0) is 32.6 Å². The van der Waals surface area contributed by atoms with Crippen molar-refractivity contribution in [2.75, 3.05) is 36.9 Å². The molecule has 2 aromatic carbocycles. The van der Waals surface area contributed by atoms with Gasteiger partial charge in [0.25, 0.3) is 0 Å². The molecule has 1 fully saturated rings. The van der Waals surface area contributed by atoms with E-state index in [-0.39, 0.29) is 5.91 Å². The summed E-state index contributed by atoms with van der Waals surface area (Å²) in [6, 6.07) is 14.3. The summed E-state index contributed by atoms with van der Waals surface area (Å²) in [4.78, 5) is 15.1. The molecule has 0 aliphatic carbocycles. The maximum absolute atomic E-state index is 12.7. The SMILES string of the molecule is Cc1ccc(N(C(C)C(=O)NCc2ccc(CN3CCOCC3)cc2)S(C)(=O)=O)cc1. The number of hydrogen-bond donors (Lipinski definition) is 1. The first-order chi connectivity index (χ1) is 14.7. The van der Waals surface area contributed by atoms with Crippen LogP contribution in [0.25, 0.3) is 0 Å². The predicted octanol–water partition coefficient (Wildman–Crippen LogP) is 2.30. The number of carbonyl (C=O) groups excluding carboxylic acids is 1. The van der Waals surface area contributed by atoms with Gasteiger partial charge in [0.05, 0.1) is 25.2 Å². The van der Waals surface area contributed by atoms with E-state index in [1.54, 1.807) is 19.1 Å². The van der Waals surface area contributed by atoms with Crippen molar-refractivity contribution in [3.05, 3.63) is 65.2 Å². The maximum Gasteiger partial charge on any atom is 0.243 e. The van der Waals surface area contributed by atoms with E-state index in [9.17, 15) is 13.2 Å². The van der Waals surface area contributed by atoms with Gasteiger partial charge >= 0.3 is 0 Å². The predicted molar refractivity (Wildman–Crippen MR) is 122 cm³/mol. The zero-order valence-electron chi connectivity index (χ0n) is 18.4. The molecule has 0 bridgehead atoms. The van der Waals surface area contributed by atoms with Gasteiger partial charge in [-0.2, -0.15) is 0 Å². The van der Waals surface area contributed by atoms with Gasteiger partial charge in [0.2, 0.25) is 15.9 Å². The lowest BCUT2D eigenvalue weighted by molar-refractivity contribution is -0.122. The van der Waals surface area contributed by atoms with Crippen molar-refractivity contribution >= 4 is 21.6 Å². The van der Waals surface area contributed by atoms with E-state index in [4.69, 9.17) is 4.74 Å². The van der Waals surface area contributed by atoms with E-state index < -0.39 is 16.1 Å². The third kappa shape index (κ3) is 6.53. The van der Waals surface area contributed by atoms with Gasteiger partial charge in [-0.25, -0.2) is 8.42 Å². The minimum Gasteiger partial charge on any atom is -0.379 e. The van der Waals surface area contributed by atoms with Crippen LogP contribution in [-0.4, -0.2) is 57.8 Å². The van der Waals surface area contributed by atoms with E-state index in [1.165, 1.54) is 5.56 Å². The Morgan fingerprint density at radius 3 is 2.23 bits per heavy atom. The molecular weight excluding hydrogens is 414 g/mol. The Kier molecular flexibility index (Phi) is 7.69. The fourth-order valence-corrected chi connectivity index (χ4v) is 4.79. The molecule has 8 heteroatoms. The molecule has 0 aromatic heterocycles. The third-order valence-corrected chi connectivity index (χ3v) is 6.62. The number of morpholine rings is 1. The molecular formula is C23H31N3O4S. The van der Waals surface area contributed by atoms with E-state index in [1.807, 2.05) is 31.2 Å². The van der Waals surface area contributed by atoms with Crippen molar-refractivity contribution in [1.82, 2.24) is 10.2 Å². The normalized spacial score (nSPS) is 16.0. The summed E-state index contributed by atoms with van der Waals surface area (Å²) >= 11 is 0. The van der Waals surface area contributed by atoms with Crippen molar-refractivity contribution in [1.29, 1.82) is 0 Å². The second-order valence-electron chi connectivity index (χ2n) is 7.99. The third-order valence-electron chi connectivity index (χ3n) is 5.38.